The lowest BCUT2D eigenvalue weighted by Crippen LogP contribution is -2.24. The van der Waals surface area contributed by atoms with Gasteiger partial charge in [-0.25, -0.2) is 15.0 Å². The molecule has 5 rings (SSSR count). The van der Waals surface area contributed by atoms with E-state index in [2.05, 4.69) is 32.5 Å². The van der Waals surface area contributed by atoms with Gasteiger partial charge >= 0.3 is 0 Å². The lowest BCUT2D eigenvalue weighted by molar-refractivity contribution is -0.133. The van der Waals surface area contributed by atoms with Crippen LogP contribution in [0.4, 0.5) is 11.8 Å². The maximum absolute atomic E-state index is 10.6. The van der Waals surface area contributed by atoms with E-state index >= 15 is 0 Å². The molecular weight excluding hydrogens is 438 g/mol. The van der Waals surface area contributed by atoms with Crippen molar-refractivity contribution in [1.29, 1.82) is 0 Å². The van der Waals surface area contributed by atoms with Crippen molar-refractivity contribution in [2.45, 2.75) is 19.4 Å². The quantitative estimate of drug-likeness (QED) is 0.478. The van der Waals surface area contributed by atoms with Gasteiger partial charge in [0, 0.05) is 49.5 Å². The second-order valence-electron chi connectivity index (χ2n) is 7.65. The van der Waals surface area contributed by atoms with Crippen LogP contribution in [-0.4, -0.2) is 60.3 Å². The Morgan fingerprint density at radius 2 is 1.91 bits per heavy atom. The van der Waals surface area contributed by atoms with Gasteiger partial charge in [0.15, 0.2) is 5.82 Å². The number of anilines is 2. The summed E-state index contributed by atoms with van der Waals surface area (Å²) >= 11 is 1.61. The van der Waals surface area contributed by atoms with Gasteiger partial charge in [-0.2, -0.15) is 5.10 Å². The Kier molecular flexibility index (Phi) is 6.76. The Bertz CT molecular complexity index is 1210. The van der Waals surface area contributed by atoms with Crippen molar-refractivity contribution in [2.24, 2.45) is 7.05 Å². The number of nitrogens with zero attached hydrogens (tertiary/aromatic N) is 6. The summed E-state index contributed by atoms with van der Waals surface area (Å²) in [5.41, 5.74) is 3.79. The van der Waals surface area contributed by atoms with Gasteiger partial charge in [0.1, 0.15) is 16.8 Å². The highest BCUT2D eigenvalue weighted by molar-refractivity contribution is 7.13. The minimum atomic E-state index is -0.722. The third-order valence-electron chi connectivity index (χ3n) is 5.20. The summed E-state index contributed by atoms with van der Waals surface area (Å²) in [6.45, 7) is 2.69. The van der Waals surface area contributed by atoms with Gasteiger partial charge in [0.05, 0.1) is 5.69 Å². The smallest absolute Gasteiger partial charge is 0.251 e. The van der Waals surface area contributed by atoms with E-state index in [1.807, 2.05) is 49.7 Å². The summed E-state index contributed by atoms with van der Waals surface area (Å²) in [5, 5.41) is 19.3. The molecule has 0 aliphatic carbocycles. The molecule has 1 fully saturated rings. The molecule has 1 aliphatic rings. The number of benzene rings is 1. The highest BCUT2D eigenvalue weighted by Crippen LogP contribution is 2.28. The molecule has 1 atom stereocenters. The zero-order valence-electron chi connectivity index (χ0n) is 18.6. The molecule has 10 heteroatoms. The summed E-state index contributed by atoms with van der Waals surface area (Å²) < 4.78 is 1.80. The molecule has 170 valence electrons. The Labute approximate surface area is 195 Å². The molecule has 33 heavy (non-hydrogen) atoms. The maximum Gasteiger partial charge on any atom is 0.251 e. The number of aromatic nitrogens is 5. The molecule has 0 radical (unpaired) electrons. The summed E-state index contributed by atoms with van der Waals surface area (Å²) in [5.74, 6) is 1.08. The Hall–Kier alpha value is -3.63. The zero-order valence-corrected chi connectivity index (χ0v) is 19.5. The molecule has 1 unspecified atom stereocenters. The Balaban J connectivity index is 0.000000275. The van der Waals surface area contributed by atoms with E-state index in [9.17, 15) is 4.79 Å². The van der Waals surface area contributed by atoms with Gasteiger partial charge < -0.3 is 15.3 Å². The number of likely N-dealkylation sites (tertiary alicyclic amines) is 1. The lowest BCUT2D eigenvalue weighted by atomic mass is 10.2. The van der Waals surface area contributed by atoms with Crippen molar-refractivity contribution < 1.29 is 9.90 Å². The maximum atomic E-state index is 10.6. The van der Waals surface area contributed by atoms with Crippen LogP contribution in [0.25, 0.3) is 22.0 Å². The number of carbonyl (C=O) groups is 1. The van der Waals surface area contributed by atoms with E-state index in [1.54, 1.807) is 29.3 Å². The van der Waals surface area contributed by atoms with Gasteiger partial charge in [0.2, 0.25) is 5.95 Å². The number of rotatable bonds is 4. The topological polar surface area (TPSA) is 109 Å². The van der Waals surface area contributed by atoms with E-state index in [0.717, 1.165) is 33.5 Å². The summed E-state index contributed by atoms with van der Waals surface area (Å²) in [7, 11) is 3.59. The number of thiazole rings is 1. The van der Waals surface area contributed by atoms with E-state index in [0.29, 0.717) is 18.9 Å². The second-order valence-corrected chi connectivity index (χ2v) is 8.51. The normalized spacial score (nSPS) is 15.3. The van der Waals surface area contributed by atoms with Crippen molar-refractivity contribution in [3.63, 3.8) is 0 Å². The number of aliphatic hydroxyl groups excluding tert-OH is 1. The number of hydrogen-bond acceptors (Lipinski definition) is 8. The number of aliphatic hydroxyl groups is 1. The fourth-order valence-corrected chi connectivity index (χ4v) is 4.03. The monoisotopic (exact) mass is 463 g/mol. The highest BCUT2D eigenvalue weighted by Gasteiger charge is 2.26. The van der Waals surface area contributed by atoms with Crippen molar-refractivity contribution >= 4 is 29.0 Å². The first-order valence-corrected chi connectivity index (χ1v) is 11.3. The third kappa shape index (κ3) is 5.41. The van der Waals surface area contributed by atoms with Crippen LogP contribution in [0.5, 0.6) is 0 Å². The number of amides is 1. The van der Waals surface area contributed by atoms with Gasteiger partial charge in [-0.1, -0.05) is 30.3 Å². The number of carbonyl (C=O) groups excluding carboxylic acids is 1. The van der Waals surface area contributed by atoms with Crippen LogP contribution in [-0.2, 0) is 11.8 Å². The van der Waals surface area contributed by atoms with Crippen LogP contribution in [0.1, 0.15) is 12.1 Å². The first kappa shape index (κ1) is 22.6. The molecule has 9 nitrogen and oxygen atoms in total. The molecule has 1 amide bonds. The molecule has 0 spiro atoms. The number of likely N-dealkylation sites (N-methyl/N-ethyl adjacent to an activating group) is 1. The van der Waals surface area contributed by atoms with Crippen LogP contribution in [0.2, 0.25) is 0 Å². The first-order chi connectivity index (χ1) is 15.9. The largest absolute Gasteiger partial charge is 0.383 e. The molecule has 1 saturated heterocycles. The van der Waals surface area contributed by atoms with Gasteiger partial charge in [-0.3, -0.25) is 9.48 Å². The standard InChI is InChI=1S/C18H16N6S.C5H9NO2/c1-12-10-16(23-24(12)2)22-18-19-9-8-14(21-18)15-11-25-17(20-15)13-6-4-3-5-7-13;1-6-3-2-4(7)5(6)8/h3-11H,1-2H3,(H,19,21,22,23);4,7H,2-3H2,1H3. The molecule has 0 bridgehead atoms. The van der Waals surface area contributed by atoms with Gasteiger partial charge in [0.25, 0.3) is 5.91 Å². The Morgan fingerprint density at radius 3 is 2.52 bits per heavy atom. The fourth-order valence-electron chi connectivity index (χ4n) is 3.21. The summed E-state index contributed by atoms with van der Waals surface area (Å²) in [6, 6.07) is 13.9. The van der Waals surface area contributed by atoms with Crippen molar-refractivity contribution in [3.8, 4) is 22.0 Å². The molecule has 1 aliphatic heterocycles. The van der Waals surface area contributed by atoms with Crippen molar-refractivity contribution in [1.82, 2.24) is 29.6 Å². The number of nitrogens with one attached hydrogen (secondary N) is 1. The molecule has 4 heterocycles. The van der Waals surface area contributed by atoms with E-state index in [4.69, 9.17) is 10.1 Å². The molecule has 3 aromatic heterocycles. The average Bonchev–Trinajstić information content (AvgIpc) is 3.52. The Morgan fingerprint density at radius 1 is 1.12 bits per heavy atom. The molecule has 2 N–H and O–H groups in total. The summed E-state index contributed by atoms with van der Waals surface area (Å²) in [6.07, 6.45) is 1.59. The van der Waals surface area contributed by atoms with E-state index < -0.39 is 6.10 Å². The molecular formula is C23H25N7O2S. The predicted molar refractivity (Wildman–Crippen MR) is 128 cm³/mol. The van der Waals surface area contributed by atoms with Gasteiger partial charge in [-0.15, -0.1) is 11.3 Å². The van der Waals surface area contributed by atoms with Crippen molar-refractivity contribution in [3.05, 3.63) is 59.7 Å². The fraction of sp³-hybridized carbons (Fsp3) is 0.261. The summed E-state index contributed by atoms with van der Waals surface area (Å²) in [4.78, 5) is 25.6. The van der Waals surface area contributed by atoms with Crippen LogP contribution < -0.4 is 5.32 Å². The minimum Gasteiger partial charge on any atom is -0.383 e. The van der Waals surface area contributed by atoms with Crippen LogP contribution >= 0.6 is 11.3 Å². The zero-order chi connectivity index (χ0) is 23.4. The predicted octanol–water partition coefficient (Wildman–Crippen LogP) is 3.26. The van der Waals surface area contributed by atoms with Gasteiger partial charge in [-0.05, 0) is 19.4 Å². The highest BCUT2D eigenvalue weighted by atomic mass is 32.1. The van der Waals surface area contributed by atoms with Crippen LogP contribution in [0.3, 0.4) is 0 Å². The minimum absolute atomic E-state index is 0.148. The van der Waals surface area contributed by atoms with E-state index in [1.165, 1.54) is 4.90 Å². The number of hydrogen-bond donors (Lipinski definition) is 2. The molecule has 1 aromatic carbocycles. The molecule has 4 aromatic rings. The molecule has 0 saturated carbocycles. The van der Waals surface area contributed by atoms with Crippen LogP contribution in [0, 0.1) is 6.92 Å². The van der Waals surface area contributed by atoms with Crippen molar-refractivity contribution in [2.75, 3.05) is 18.9 Å². The second kappa shape index (κ2) is 9.88. The van der Waals surface area contributed by atoms with E-state index in [-0.39, 0.29) is 5.91 Å². The third-order valence-corrected chi connectivity index (χ3v) is 6.09. The average molecular weight is 464 g/mol. The van der Waals surface area contributed by atoms with Crippen LogP contribution in [0.15, 0.2) is 54.0 Å². The first-order valence-electron chi connectivity index (χ1n) is 10.5. The number of aryl methyl sites for hydroxylation is 2. The lowest BCUT2D eigenvalue weighted by Gasteiger charge is -2.04. The SMILES string of the molecule is CN1CCC(O)C1=O.Cc1cc(Nc2nccc(-c3csc(-c4ccccc4)n3)n2)nn1C.